The number of amides is 1. The zero-order valence-corrected chi connectivity index (χ0v) is 19.3. The van der Waals surface area contributed by atoms with E-state index in [1.54, 1.807) is 41.3 Å². The lowest BCUT2D eigenvalue weighted by molar-refractivity contribution is -0.119. The van der Waals surface area contributed by atoms with E-state index in [-0.39, 0.29) is 23.9 Å². The Hall–Kier alpha value is -2.58. The van der Waals surface area contributed by atoms with Crippen LogP contribution in [0, 0.1) is 0 Å². The third-order valence-electron chi connectivity index (χ3n) is 5.04. The Bertz CT molecular complexity index is 1230. The van der Waals surface area contributed by atoms with Gasteiger partial charge in [0.15, 0.2) is 0 Å². The zero-order valence-electron chi connectivity index (χ0n) is 16.9. The van der Waals surface area contributed by atoms with E-state index in [1.807, 2.05) is 12.1 Å². The fourth-order valence-electron chi connectivity index (χ4n) is 3.49. The summed E-state index contributed by atoms with van der Waals surface area (Å²) in [5.41, 5.74) is 1.29. The fraction of sp³-hybridized carbons (Fsp3) is 0.174. The van der Waals surface area contributed by atoms with Crippen molar-refractivity contribution < 1.29 is 17.9 Å². The molecule has 1 aliphatic heterocycles. The van der Waals surface area contributed by atoms with Gasteiger partial charge in [-0.25, -0.2) is 8.42 Å². The molecule has 0 aromatic heterocycles. The Balaban J connectivity index is 1.66. The predicted octanol–water partition coefficient (Wildman–Crippen LogP) is 4.61. The molecule has 0 radical (unpaired) electrons. The van der Waals surface area contributed by atoms with E-state index < -0.39 is 10.0 Å². The van der Waals surface area contributed by atoms with Gasteiger partial charge in [-0.2, -0.15) is 4.31 Å². The molecular formula is C23H20Cl2N2O4S. The maximum Gasteiger partial charge on any atom is 0.243 e. The highest BCUT2D eigenvalue weighted by Crippen LogP contribution is 2.31. The molecule has 1 heterocycles. The molecule has 0 N–H and O–H groups in total. The molecule has 1 amide bonds. The third-order valence-corrected chi connectivity index (χ3v) is 7.33. The van der Waals surface area contributed by atoms with Gasteiger partial charge >= 0.3 is 0 Å². The van der Waals surface area contributed by atoms with Crippen LogP contribution in [-0.2, 0) is 21.4 Å². The summed E-state index contributed by atoms with van der Waals surface area (Å²) in [6.07, 6.45) is 0. The first-order chi connectivity index (χ1) is 15.3. The smallest absolute Gasteiger partial charge is 0.243 e. The first kappa shape index (κ1) is 22.6. The second-order valence-electron chi connectivity index (χ2n) is 7.22. The largest absolute Gasteiger partial charge is 0.490 e. The summed E-state index contributed by atoms with van der Waals surface area (Å²) in [7, 11) is -3.99. The molecule has 166 valence electrons. The average molecular weight is 491 g/mol. The Morgan fingerprint density at radius 3 is 2.47 bits per heavy atom. The number of anilines is 1. The number of ether oxygens (including phenoxy) is 1. The molecule has 3 aromatic rings. The fourth-order valence-corrected chi connectivity index (χ4v) is 5.20. The van der Waals surface area contributed by atoms with Crippen LogP contribution in [0.2, 0.25) is 10.0 Å². The van der Waals surface area contributed by atoms with Crippen LogP contribution in [0.3, 0.4) is 0 Å². The number of fused-ring (bicyclic) bond motifs is 1. The van der Waals surface area contributed by atoms with E-state index in [2.05, 4.69) is 0 Å². The van der Waals surface area contributed by atoms with Crippen molar-refractivity contribution in [3.63, 3.8) is 0 Å². The van der Waals surface area contributed by atoms with Gasteiger partial charge in [-0.3, -0.25) is 4.79 Å². The van der Waals surface area contributed by atoms with Gasteiger partial charge in [0.05, 0.1) is 23.7 Å². The van der Waals surface area contributed by atoms with Gasteiger partial charge in [0.1, 0.15) is 12.4 Å². The van der Waals surface area contributed by atoms with Gasteiger partial charge in [-0.05, 0) is 54.1 Å². The van der Waals surface area contributed by atoms with Gasteiger partial charge in [0, 0.05) is 16.6 Å². The minimum absolute atomic E-state index is 0.0107. The van der Waals surface area contributed by atoms with Crippen molar-refractivity contribution in [2.45, 2.75) is 11.4 Å². The maximum absolute atomic E-state index is 13.5. The van der Waals surface area contributed by atoms with E-state index >= 15 is 0 Å². The summed E-state index contributed by atoms with van der Waals surface area (Å²) >= 11 is 12.0. The van der Waals surface area contributed by atoms with Crippen LogP contribution in [0.5, 0.6) is 5.75 Å². The normalized spacial score (nSPS) is 13.5. The van der Waals surface area contributed by atoms with Gasteiger partial charge in [0.2, 0.25) is 15.9 Å². The van der Waals surface area contributed by atoms with Crippen molar-refractivity contribution >= 4 is 44.8 Å². The Labute approximate surface area is 197 Å². The van der Waals surface area contributed by atoms with E-state index in [0.717, 1.165) is 4.31 Å². The van der Waals surface area contributed by atoms with Crippen LogP contribution >= 0.6 is 23.2 Å². The van der Waals surface area contributed by atoms with E-state index in [0.29, 0.717) is 40.2 Å². The number of sulfonamides is 1. The number of para-hydroxylation sites is 2. The molecule has 6 nitrogen and oxygen atoms in total. The number of hydrogen-bond donors (Lipinski definition) is 0. The standard InChI is InChI=1S/C23H20Cl2N2O4S/c24-18-8-10-20(11-9-18)32(29,30)26(15-17-4-3-5-19(25)14-17)16-23(28)27-12-13-31-22-7-2-1-6-21(22)27/h1-11,14H,12-13,15-16H2. The monoisotopic (exact) mass is 490 g/mol. The Morgan fingerprint density at radius 1 is 0.969 bits per heavy atom. The number of hydrogen-bond acceptors (Lipinski definition) is 4. The maximum atomic E-state index is 13.5. The highest BCUT2D eigenvalue weighted by atomic mass is 35.5. The van der Waals surface area contributed by atoms with Crippen molar-refractivity contribution in [1.29, 1.82) is 0 Å². The van der Waals surface area contributed by atoms with Crippen LogP contribution in [0.15, 0.2) is 77.7 Å². The van der Waals surface area contributed by atoms with Gasteiger partial charge < -0.3 is 9.64 Å². The number of carbonyl (C=O) groups excluding carboxylic acids is 1. The molecule has 0 spiro atoms. The predicted molar refractivity (Wildman–Crippen MR) is 125 cm³/mol. The number of rotatable bonds is 6. The Kier molecular flexibility index (Phi) is 6.71. The van der Waals surface area contributed by atoms with Crippen molar-refractivity contribution in [1.82, 2.24) is 4.31 Å². The van der Waals surface area contributed by atoms with Gasteiger partial charge in [0.25, 0.3) is 0 Å². The number of benzene rings is 3. The van der Waals surface area contributed by atoms with E-state index in [4.69, 9.17) is 27.9 Å². The van der Waals surface area contributed by atoms with Crippen LogP contribution < -0.4 is 9.64 Å². The summed E-state index contributed by atoms with van der Waals surface area (Å²) in [6, 6.07) is 20.0. The Morgan fingerprint density at radius 2 is 1.72 bits per heavy atom. The van der Waals surface area contributed by atoms with Crippen molar-refractivity contribution in [3.05, 3.63) is 88.4 Å². The summed E-state index contributed by atoms with van der Waals surface area (Å²) < 4.78 is 33.7. The van der Waals surface area contributed by atoms with Crippen molar-refractivity contribution in [2.24, 2.45) is 0 Å². The minimum atomic E-state index is -3.99. The van der Waals surface area contributed by atoms with Crippen LogP contribution in [0.1, 0.15) is 5.56 Å². The molecule has 0 unspecified atom stereocenters. The minimum Gasteiger partial charge on any atom is -0.490 e. The number of nitrogens with zero attached hydrogens (tertiary/aromatic N) is 2. The SMILES string of the molecule is O=C(CN(Cc1cccc(Cl)c1)S(=O)(=O)c1ccc(Cl)cc1)N1CCOc2ccccc21. The molecule has 0 saturated carbocycles. The molecule has 9 heteroatoms. The van der Waals surface area contributed by atoms with Crippen LogP contribution in [-0.4, -0.2) is 38.3 Å². The molecule has 0 saturated heterocycles. The molecule has 4 rings (SSSR count). The first-order valence-corrected chi connectivity index (χ1v) is 12.1. The summed E-state index contributed by atoms with van der Waals surface area (Å²) in [6.45, 7) is 0.317. The zero-order chi connectivity index (χ0) is 22.7. The van der Waals surface area contributed by atoms with Gasteiger partial charge in [-0.1, -0.05) is 47.5 Å². The third kappa shape index (κ3) is 4.91. The van der Waals surface area contributed by atoms with Crippen molar-refractivity contribution in [3.8, 4) is 5.75 Å². The molecular weight excluding hydrogens is 471 g/mol. The highest BCUT2D eigenvalue weighted by molar-refractivity contribution is 7.89. The number of carbonyl (C=O) groups is 1. The summed E-state index contributed by atoms with van der Waals surface area (Å²) in [4.78, 5) is 14.9. The molecule has 0 atom stereocenters. The molecule has 32 heavy (non-hydrogen) atoms. The lowest BCUT2D eigenvalue weighted by atomic mass is 10.2. The van der Waals surface area contributed by atoms with Crippen LogP contribution in [0.25, 0.3) is 0 Å². The highest BCUT2D eigenvalue weighted by Gasteiger charge is 2.31. The number of halogens is 2. The molecule has 0 bridgehead atoms. The van der Waals surface area contributed by atoms with Crippen molar-refractivity contribution in [2.75, 3.05) is 24.6 Å². The van der Waals surface area contributed by atoms with Gasteiger partial charge in [-0.15, -0.1) is 0 Å². The lowest BCUT2D eigenvalue weighted by Crippen LogP contribution is -2.45. The van der Waals surface area contributed by atoms with E-state index in [9.17, 15) is 13.2 Å². The molecule has 0 aliphatic carbocycles. The second kappa shape index (κ2) is 9.50. The molecule has 0 fully saturated rings. The first-order valence-electron chi connectivity index (χ1n) is 9.87. The average Bonchev–Trinajstić information content (AvgIpc) is 2.78. The quantitative estimate of drug-likeness (QED) is 0.505. The van der Waals surface area contributed by atoms with Crippen LogP contribution in [0.4, 0.5) is 5.69 Å². The molecule has 1 aliphatic rings. The lowest BCUT2D eigenvalue weighted by Gasteiger charge is -2.31. The molecule has 3 aromatic carbocycles. The topological polar surface area (TPSA) is 66.9 Å². The van der Waals surface area contributed by atoms with E-state index in [1.165, 1.54) is 24.3 Å². The summed E-state index contributed by atoms with van der Waals surface area (Å²) in [5, 5.41) is 0.908. The summed E-state index contributed by atoms with van der Waals surface area (Å²) in [5.74, 6) is 0.245. The second-order valence-corrected chi connectivity index (χ2v) is 10.0.